The molecule has 0 unspecified atom stereocenters. The Morgan fingerprint density at radius 3 is 2.93 bits per heavy atom. The summed E-state index contributed by atoms with van der Waals surface area (Å²) in [5.41, 5.74) is 0.789. The molecule has 2 aromatic rings. The zero-order chi connectivity index (χ0) is 10.8. The first-order valence-electron chi connectivity index (χ1n) is 4.60. The monoisotopic (exact) mass is 222 g/mol. The molecule has 3 nitrogen and oxygen atoms in total. The molecule has 0 saturated carbocycles. The number of phenolic OH excluding ortho intramolecular Hbond substituents is 1. The van der Waals surface area contributed by atoms with Crippen molar-refractivity contribution in [2.75, 3.05) is 0 Å². The van der Waals surface area contributed by atoms with Crippen LogP contribution in [0.25, 0.3) is 0 Å². The number of aromatic hydroxyl groups is 1. The molecule has 0 spiro atoms. The van der Waals surface area contributed by atoms with Crippen molar-refractivity contribution in [1.29, 1.82) is 0 Å². The molecule has 1 aromatic carbocycles. The van der Waals surface area contributed by atoms with Crippen LogP contribution in [-0.4, -0.2) is 14.7 Å². The lowest BCUT2D eigenvalue weighted by Crippen LogP contribution is -1.98. The molecule has 0 atom stereocenters. The Labute approximate surface area is 93.0 Å². The number of nitrogens with zero attached hydrogens (tertiary/aromatic N) is 2. The number of imidazole rings is 1. The van der Waals surface area contributed by atoms with E-state index in [9.17, 15) is 5.11 Å². The SMILES string of the molecule is Cn1ccnc1Cc1cc(Cl)ccc1O. The molecule has 0 saturated heterocycles. The lowest BCUT2D eigenvalue weighted by atomic mass is 10.1. The molecule has 0 aliphatic carbocycles. The van der Waals surface area contributed by atoms with Gasteiger partial charge in [-0.1, -0.05) is 11.6 Å². The molecule has 0 aliphatic rings. The first-order valence-corrected chi connectivity index (χ1v) is 4.98. The number of aryl methyl sites for hydroxylation is 1. The molecule has 78 valence electrons. The summed E-state index contributed by atoms with van der Waals surface area (Å²) in [6.45, 7) is 0. The van der Waals surface area contributed by atoms with Gasteiger partial charge in [0.2, 0.25) is 0 Å². The van der Waals surface area contributed by atoms with E-state index < -0.39 is 0 Å². The van der Waals surface area contributed by atoms with Crippen LogP contribution in [-0.2, 0) is 13.5 Å². The van der Waals surface area contributed by atoms with E-state index in [4.69, 9.17) is 11.6 Å². The van der Waals surface area contributed by atoms with Crippen molar-refractivity contribution in [3.05, 3.63) is 47.0 Å². The molecule has 0 radical (unpaired) electrons. The first-order chi connectivity index (χ1) is 7.16. The number of hydrogen-bond donors (Lipinski definition) is 1. The third-order valence-corrected chi connectivity index (χ3v) is 2.55. The van der Waals surface area contributed by atoms with Gasteiger partial charge in [0.15, 0.2) is 0 Å². The molecule has 15 heavy (non-hydrogen) atoms. The molecule has 0 aliphatic heterocycles. The van der Waals surface area contributed by atoms with Gasteiger partial charge in [0.25, 0.3) is 0 Å². The Hall–Kier alpha value is -1.48. The summed E-state index contributed by atoms with van der Waals surface area (Å²) in [5.74, 6) is 1.15. The highest BCUT2D eigenvalue weighted by atomic mass is 35.5. The lowest BCUT2D eigenvalue weighted by Gasteiger charge is -2.05. The Bertz CT molecular complexity index is 479. The molecule has 4 heteroatoms. The van der Waals surface area contributed by atoms with E-state index in [1.807, 2.05) is 17.8 Å². The summed E-state index contributed by atoms with van der Waals surface area (Å²) in [4.78, 5) is 4.19. The average molecular weight is 223 g/mol. The number of halogens is 1. The van der Waals surface area contributed by atoms with Crippen LogP contribution in [0, 0.1) is 0 Å². The largest absolute Gasteiger partial charge is 0.508 e. The lowest BCUT2D eigenvalue weighted by molar-refractivity contribution is 0.469. The molecule has 2 rings (SSSR count). The van der Waals surface area contributed by atoms with E-state index in [1.165, 1.54) is 0 Å². The number of rotatable bonds is 2. The van der Waals surface area contributed by atoms with Crippen LogP contribution < -0.4 is 0 Å². The van der Waals surface area contributed by atoms with Gasteiger partial charge in [-0.15, -0.1) is 0 Å². The van der Waals surface area contributed by atoms with Gasteiger partial charge in [-0.25, -0.2) is 4.98 Å². The summed E-state index contributed by atoms with van der Waals surface area (Å²) in [7, 11) is 1.92. The number of phenols is 1. The van der Waals surface area contributed by atoms with Crippen molar-refractivity contribution in [3.63, 3.8) is 0 Å². The van der Waals surface area contributed by atoms with Crippen LogP contribution in [0.1, 0.15) is 11.4 Å². The second-order valence-electron chi connectivity index (χ2n) is 3.40. The van der Waals surface area contributed by atoms with Crippen molar-refractivity contribution < 1.29 is 5.11 Å². The minimum absolute atomic E-state index is 0.252. The van der Waals surface area contributed by atoms with Crippen LogP contribution in [0.4, 0.5) is 0 Å². The fourth-order valence-corrected chi connectivity index (χ4v) is 1.63. The highest BCUT2D eigenvalue weighted by molar-refractivity contribution is 6.30. The molecule has 1 aromatic heterocycles. The van der Waals surface area contributed by atoms with E-state index in [0.717, 1.165) is 11.4 Å². The second kappa shape index (κ2) is 3.95. The predicted molar refractivity (Wildman–Crippen MR) is 59.1 cm³/mol. The van der Waals surface area contributed by atoms with Crippen LogP contribution in [0.3, 0.4) is 0 Å². The zero-order valence-electron chi connectivity index (χ0n) is 8.31. The van der Waals surface area contributed by atoms with E-state index in [2.05, 4.69) is 4.98 Å². The molecular weight excluding hydrogens is 212 g/mol. The van der Waals surface area contributed by atoms with E-state index in [1.54, 1.807) is 24.4 Å². The Kier molecular flexibility index (Phi) is 2.64. The third-order valence-electron chi connectivity index (χ3n) is 2.31. The minimum Gasteiger partial charge on any atom is -0.508 e. The molecule has 1 N–H and O–H groups in total. The van der Waals surface area contributed by atoms with Crippen LogP contribution in [0.15, 0.2) is 30.6 Å². The number of benzene rings is 1. The van der Waals surface area contributed by atoms with Gasteiger partial charge in [-0.2, -0.15) is 0 Å². The number of hydrogen-bond acceptors (Lipinski definition) is 2. The maximum atomic E-state index is 9.63. The van der Waals surface area contributed by atoms with Crippen LogP contribution in [0.5, 0.6) is 5.75 Å². The van der Waals surface area contributed by atoms with Gasteiger partial charge in [0.1, 0.15) is 11.6 Å². The first kappa shape index (κ1) is 10.1. The maximum absolute atomic E-state index is 9.63. The Morgan fingerprint density at radius 2 is 2.27 bits per heavy atom. The summed E-state index contributed by atoms with van der Waals surface area (Å²) in [6.07, 6.45) is 4.18. The molecule has 0 bridgehead atoms. The fraction of sp³-hybridized carbons (Fsp3) is 0.182. The maximum Gasteiger partial charge on any atom is 0.119 e. The third kappa shape index (κ3) is 2.13. The van der Waals surface area contributed by atoms with Gasteiger partial charge in [0.05, 0.1) is 0 Å². The van der Waals surface area contributed by atoms with Gasteiger partial charge in [0, 0.05) is 36.4 Å². The van der Waals surface area contributed by atoms with Crippen molar-refractivity contribution in [2.24, 2.45) is 7.05 Å². The van der Waals surface area contributed by atoms with Crippen LogP contribution >= 0.6 is 11.6 Å². The smallest absolute Gasteiger partial charge is 0.119 e. The fourth-order valence-electron chi connectivity index (χ4n) is 1.43. The zero-order valence-corrected chi connectivity index (χ0v) is 9.07. The highest BCUT2D eigenvalue weighted by Crippen LogP contribution is 2.23. The van der Waals surface area contributed by atoms with Crippen LogP contribution in [0.2, 0.25) is 5.02 Å². The van der Waals surface area contributed by atoms with Crippen molar-refractivity contribution >= 4 is 11.6 Å². The Balaban J connectivity index is 2.32. The van der Waals surface area contributed by atoms with E-state index >= 15 is 0 Å². The van der Waals surface area contributed by atoms with Crippen molar-refractivity contribution in [1.82, 2.24) is 9.55 Å². The summed E-state index contributed by atoms with van der Waals surface area (Å²) < 4.78 is 1.92. The summed E-state index contributed by atoms with van der Waals surface area (Å²) in [6, 6.07) is 5.02. The van der Waals surface area contributed by atoms with E-state index in [0.29, 0.717) is 11.4 Å². The van der Waals surface area contributed by atoms with Gasteiger partial charge >= 0.3 is 0 Å². The normalized spacial score (nSPS) is 10.5. The average Bonchev–Trinajstić information content (AvgIpc) is 2.58. The minimum atomic E-state index is 0.252. The van der Waals surface area contributed by atoms with Gasteiger partial charge in [-0.3, -0.25) is 0 Å². The van der Waals surface area contributed by atoms with E-state index in [-0.39, 0.29) is 5.75 Å². The van der Waals surface area contributed by atoms with Crippen molar-refractivity contribution in [2.45, 2.75) is 6.42 Å². The topological polar surface area (TPSA) is 38.0 Å². The Morgan fingerprint density at radius 1 is 1.47 bits per heavy atom. The highest BCUT2D eigenvalue weighted by Gasteiger charge is 2.06. The molecule has 1 heterocycles. The summed E-state index contributed by atoms with van der Waals surface area (Å²) >= 11 is 5.86. The summed E-state index contributed by atoms with van der Waals surface area (Å²) in [5, 5.41) is 10.3. The van der Waals surface area contributed by atoms with Crippen molar-refractivity contribution in [3.8, 4) is 5.75 Å². The molecule has 0 fully saturated rings. The molecular formula is C11H11ClN2O. The molecule has 0 amide bonds. The predicted octanol–water partition coefficient (Wildman–Crippen LogP) is 2.37. The van der Waals surface area contributed by atoms with Gasteiger partial charge < -0.3 is 9.67 Å². The second-order valence-corrected chi connectivity index (χ2v) is 3.84. The quantitative estimate of drug-likeness (QED) is 0.847. The van der Waals surface area contributed by atoms with Gasteiger partial charge in [-0.05, 0) is 18.2 Å². The number of aromatic nitrogens is 2. The standard InChI is InChI=1S/C11H11ClN2O/c1-14-5-4-13-11(14)7-8-6-9(12)2-3-10(8)15/h2-6,15H,7H2,1H3.